The lowest BCUT2D eigenvalue weighted by Crippen LogP contribution is -2.44. The normalized spacial score (nSPS) is 21.0. The van der Waals surface area contributed by atoms with Crippen LogP contribution in [0.5, 0.6) is 0 Å². The van der Waals surface area contributed by atoms with Crippen molar-refractivity contribution in [3.63, 3.8) is 0 Å². The Morgan fingerprint density at radius 2 is 2.04 bits per heavy atom. The topological polar surface area (TPSA) is 53.4 Å². The zero-order valence-corrected chi connectivity index (χ0v) is 14.5. The molecule has 2 fully saturated rings. The summed E-state index contributed by atoms with van der Waals surface area (Å²) in [5.41, 5.74) is 1.75. The molecule has 2 amide bonds. The van der Waals surface area contributed by atoms with E-state index in [-0.39, 0.29) is 6.03 Å². The fraction of sp³-hybridized carbons (Fsp3) is 0.474. The lowest BCUT2D eigenvalue weighted by Gasteiger charge is -2.28. The summed E-state index contributed by atoms with van der Waals surface area (Å²) in [7, 11) is 0. The number of carbonyl (C=O) groups is 1. The number of urea groups is 1. The summed E-state index contributed by atoms with van der Waals surface area (Å²) in [5.74, 6) is 0. The average Bonchev–Trinajstić information content (AvgIpc) is 3.38. The molecule has 0 radical (unpaired) electrons. The molecule has 1 N–H and O–H groups in total. The minimum absolute atomic E-state index is 0.0133. The molecule has 1 aromatic carbocycles. The van der Waals surface area contributed by atoms with Gasteiger partial charge in [0, 0.05) is 37.2 Å². The number of carbonyl (C=O) groups excluding carboxylic acids is 1. The maximum atomic E-state index is 12.8. The highest BCUT2D eigenvalue weighted by molar-refractivity contribution is 5.90. The van der Waals surface area contributed by atoms with Crippen LogP contribution in [0.1, 0.15) is 25.7 Å². The Morgan fingerprint density at radius 1 is 1.16 bits per heavy atom. The van der Waals surface area contributed by atoms with Crippen LogP contribution in [0.2, 0.25) is 0 Å². The minimum Gasteiger partial charge on any atom is -0.320 e. The molecule has 1 atom stereocenters. The molecule has 6 nitrogen and oxygen atoms in total. The first kappa shape index (κ1) is 16.1. The Kier molecular flexibility index (Phi) is 4.70. The first-order valence-corrected chi connectivity index (χ1v) is 9.20. The van der Waals surface area contributed by atoms with E-state index in [1.165, 1.54) is 25.9 Å². The van der Waals surface area contributed by atoms with Crippen molar-refractivity contribution >= 4 is 11.7 Å². The van der Waals surface area contributed by atoms with Gasteiger partial charge in [0.1, 0.15) is 0 Å². The summed E-state index contributed by atoms with van der Waals surface area (Å²) in [5, 5.41) is 7.31. The molecule has 132 valence electrons. The highest BCUT2D eigenvalue weighted by atomic mass is 16.2. The number of amides is 2. The Balaban J connectivity index is 1.41. The largest absolute Gasteiger partial charge is 0.322 e. The second-order valence-corrected chi connectivity index (χ2v) is 6.93. The molecule has 1 aromatic heterocycles. The summed E-state index contributed by atoms with van der Waals surface area (Å²) in [6, 6.07) is 10.0. The van der Waals surface area contributed by atoms with Gasteiger partial charge >= 0.3 is 6.03 Å². The van der Waals surface area contributed by atoms with E-state index in [0.717, 1.165) is 37.3 Å². The number of hydrogen-bond acceptors (Lipinski definition) is 3. The van der Waals surface area contributed by atoms with Crippen molar-refractivity contribution in [2.75, 3.05) is 31.5 Å². The van der Waals surface area contributed by atoms with Crippen molar-refractivity contribution in [2.45, 2.75) is 31.7 Å². The van der Waals surface area contributed by atoms with Crippen LogP contribution in [0.15, 0.2) is 42.7 Å². The maximum absolute atomic E-state index is 12.8. The van der Waals surface area contributed by atoms with Crippen molar-refractivity contribution in [1.82, 2.24) is 19.6 Å². The Morgan fingerprint density at radius 3 is 2.84 bits per heavy atom. The van der Waals surface area contributed by atoms with Gasteiger partial charge in [-0.1, -0.05) is 6.07 Å². The summed E-state index contributed by atoms with van der Waals surface area (Å²) in [4.78, 5) is 17.3. The van der Waals surface area contributed by atoms with Crippen molar-refractivity contribution in [3.8, 4) is 5.69 Å². The van der Waals surface area contributed by atoms with E-state index in [4.69, 9.17) is 0 Å². The smallest absolute Gasteiger partial charge is 0.320 e. The standard InChI is InChI=1S/C19H25N5O/c25-19(23-12-4-8-18(23)15-22-10-1-2-11-22)21-16-6-3-7-17(14-16)24-13-5-9-20-24/h3,5-7,9,13-14,18H,1-2,4,8,10-12,15H2,(H,21,25)/t18-/m0/s1. The predicted octanol–water partition coefficient (Wildman–Crippen LogP) is 2.96. The summed E-state index contributed by atoms with van der Waals surface area (Å²) in [6.45, 7) is 4.22. The SMILES string of the molecule is O=C(Nc1cccc(-n2cccn2)c1)N1CCC[C@H]1CN1CCCC1. The van der Waals surface area contributed by atoms with Gasteiger partial charge in [0.25, 0.3) is 0 Å². The van der Waals surface area contributed by atoms with E-state index in [1.54, 1.807) is 10.9 Å². The zero-order valence-electron chi connectivity index (χ0n) is 14.5. The van der Waals surface area contributed by atoms with Crippen molar-refractivity contribution in [2.24, 2.45) is 0 Å². The fourth-order valence-electron chi connectivity index (χ4n) is 3.90. The van der Waals surface area contributed by atoms with Crippen LogP contribution in [0, 0.1) is 0 Å². The summed E-state index contributed by atoms with van der Waals surface area (Å²) < 4.78 is 1.79. The molecule has 25 heavy (non-hydrogen) atoms. The van der Waals surface area contributed by atoms with Crippen LogP contribution in [0.4, 0.5) is 10.5 Å². The van der Waals surface area contributed by atoms with E-state index in [9.17, 15) is 4.79 Å². The lowest BCUT2D eigenvalue weighted by atomic mass is 10.2. The number of anilines is 1. The highest BCUT2D eigenvalue weighted by Crippen LogP contribution is 2.22. The second-order valence-electron chi connectivity index (χ2n) is 6.93. The third-order valence-corrected chi connectivity index (χ3v) is 5.17. The van der Waals surface area contributed by atoms with Crippen LogP contribution in [-0.2, 0) is 0 Å². The number of benzene rings is 1. The molecule has 2 aliphatic heterocycles. The molecule has 2 saturated heterocycles. The number of nitrogens with one attached hydrogen (secondary N) is 1. The Bertz CT molecular complexity index is 708. The molecule has 0 unspecified atom stereocenters. The van der Waals surface area contributed by atoms with Crippen LogP contribution in [0.25, 0.3) is 5.69 Å². The van der Waals surface area contributed by atoms with Crippen LogP contribution in [0.3, 0.4) is 0 Å². The Hall–Kier alpha value is -2.34. The lowest BCUT2D eigenvalue weighted by molar-refractivity contribution is 0.186. The molecule has 0 bridgehead atoms. The van der Waals surface area contributed by atoms with E-state index >= 15 is 0 Å². The van der Waals surface area contributed by atoms with E-state index in [2.05, 4.69) is 15.3 Å². The van der Waals surface area contributed by atoms with Gasteiger partial charge in [0.15, 0.2) is 0 Å². The van der Waals surface area contributed by atoms with Gasteiger partial charge in [-0.3, -0.25) is 0 Å². The van der Waals surface area contributed by atoms with Gasteiger partial charge in [0.2, 0.25) is 0 Å². The van der Waals surface area contributed by atoms with Crippen LogP contribution >= 0.6 is 0 Å². The first-order valence-electron chi connectivity index (χ1n) is 9.20. The molecule has 4 rings (SSSR count). The molecule has 0 saturated carbocycles. The number of aromatic nitrogens is 2. The Labute approximate surface area is 148 Å². The van der Waals surface area contributed by atoms with Crippen molar-refractivity contribution in [1.29, 1.82) is 0 Å². The maximum Gasteiger partial charge on any atom is 0.322 e. The third-order valence-electron chi connectivity index (χ3n) is 5.17. The van der Waals surface area contributed by atoms with Gasteiger partial charge in [-0.05, 0) is 63.0 Å². The molecular weight excluding hydrogens is 314 g/mol. The number of rotatable bonds is 4. The van der Waals surface area contributed by atoms with Gasteiger partial charge in [0.05, 0.1) is 5.69 Å². The van der Waals surface area contributed by atoms with Gasteiger partial charge < -0.3 is 15.1 Å². The average molecular weight is 339 g/mol. The van der Waals surface area contributed by atoms with E-state index in [1.807, 2.05) is 41.4 Å². The van der Waals surface area contributed by atoms with E-state index in [0.29, 0.717) is 6.04 Å². The fourth-order valence-corrected chi connectivity index (χ4v) is 3.90. The third kappa shape index (κ3) is 3.69. The van der Waals surface area contributed by atoms with Gasteiger partial charge in [-0.25, -0.2) is 9.48 Å². The second kappa shape index (κ2) is 7.27. The molecule has 2 aromatic rings. The molecule has 2 aliphatic rings. The molecule has 3 heterocycles. The van der Waals surface area contributed by atoms with Crippen molar-refractivity contribution < 1.29 is 4.79 Å². The monoisotopic (exact) mass is 339 g/mol. The number of hydrogen-bond donors (Lipinski definition) is 1. The summed E-state index contributed by atoms with van der Waals surface area (Å²) >= 11 is 0. The molecule has 6 heteroatoms. The summed E-state index contributed by atoms with van der Waals surface area (Å²) in [6.07, 6.45) is 8.43. The number of likely N-dealkylation sites (tertiary alicyclic amines) is 2. The molecular formula is C19H25N5O. The number of nitrogens with zero attached hydrogens (tertiary/aromatic N) is 4. The predicted molar refractivity (Wildman–Crippen MR) is 98.0 cm³/mol. The van der Waals surface area contributed by atoms with E-state index < -0.39 is 0 Å². The molecule has 0 aliphatic carbocycles. The quantitative estimate of drug-likeness (QED) is 0.932. The zero-order chi connectivity index (χ0) is 17.1. The first-order chi connectivity index (χ1) is 12.3. The van der Waals surface area contributed by atoms with Gasteiger partial charge in [-0.2, -0.15) is 5.10 Å². The molecule has 0 spiro atoms. The van der Waals surface area contributed by atoms with Crippen LogP contribution in [-0.4, -0.2) is 57.8 Å². The van der Waals surface area contributed by atoms with Crippen molar-refractivity contribution in [3.05, 3.63) is 42.7 Å². The minimum atomic E-state index is 0.0133. The highest BCUT2D eigenvalue weighted by Gasteiger charge is 2.30. The van der Waals surface area contributed by atoms with Gasteiger partial charge in [-0.15, -0.1) is 0 Å². The van der Waals surface area contributed by atoms with Crippen LogP contribution < -0.4 is 5.32 Å².